The van der Waals surface area contributed by atoms with Gasteiger partial charge in [-0.25, -0.2) is 4.99 Å². The van der Waals surface area contributed by atoms with E-state index in [0.29, 0.717) is 12.2 Å². The molecule has 44 valence electrons. The van der Waals surface area contributed by atoms with Gasteiger partial charge in [-0.05, 0) is 6.08 Å². The normalized spacial score (nSPS) is 40.9. The molecule has 2 unspecified atom stereocenters. The molecule has 9 heavy (non-hydrogen) atoms. The van der Waals surface area contributed by atoms with Crippen LogP contribution in [0.25, 0.3) is 0 Å². The molecular weight excluding hydrogens is 114 g/mol. The van der Waals surface area contributed by atoms with Crippen molar-refractivity contribution in [3.05, 3.63) is 11.8 Å². The fourth-order valence-corrected chi connectivity index (χ4v) is 1.40. The maximum absolute atomic E-state index is 4.22. The number of hydrogen-bond donors (Lipinski definition) is 0. The zero-order valence-corrected chi connectivity index (χ0v) is 4.73. The minimum atomic E-state index is 0.419. The second kappa shape index (κ2) is 0.943. The van der Waals surface area contributed by atoms with E-state index in [4.69, 9.17) is 0 Å². The van der Waals surface area contributed by atoms with Crippen molar-refractivity contribution in [2.75, 3.05) is 0 Å². The molecule has 0 N–H and O–H groups in total. The third-order valence-corrected chi connectivity index (χ3v) is 1.95. The molecule has 3 heterocycles. The van der Waals surface area contributed by atoms with Crippen LogP contribution in [0.15, 0.2) is 21.8 Å². The molecular formula is C6H5N3. The Morgan fingerprint density at radius 3 is 3.33 bits per heavy atom. The van der Waals surface area contributed by atoms with Crippen LogP contribution < -0.4 is 0 Å². The monoisotopic (exact) mass is 119 g/mol. The second-order valence-corrected chi connectivity index (χ2v) is 2.44. The summed E-state index contributed by atoms with van der Waals surface area (Å²) in [4.78, 5) is 10.5. The Balaban J connectivity index is 2.23. The topological polar surface area (TPSA) is 27.7 Å². The number of hydrogen-bond acceptors (Lipinski definition) is 3. The predicted molar refractivity (Wildman–Crippen MR) is 34.5 cm³/mol. The standard InChI is InChI=1S/C6H5N3/c1-2-7-6-5-4(1)8-3-9(5)6/h1-3,5-6H. The number of dihydropyridines is 1. The molecule has 2 atom stereocenters. The van der Waals surface area contributed by atoms with Gasteiger partial charge < -0.3 is 4.90 Å². The number of nitrogens with zero attached hydrogens (tertiary/aromatic N) is 3. The lowest BCUT2D eigenvalue weighted by Crippen LogP contribution is -1.99. The summed E-state index contributed by atoms with van der Waals surface area (Å²) in [5.74, 6) is 0. The molecule has 1 saturated heterocycles. The first-order valence-electron chi connectivity index (χ1n) is 3.02. The van der Waals surface area contributed by atoms with Crippen molar-refractivity contribution in [2.45, 2.75) is 12.2 Å². The quantitative estimate of drug-likeness (QED) is 0.413. The summed E-state index contributed by atoms with van der Waals surface area (Å²) in [5, 5.41) is 0. The molecule has 0 saturated carbocycles. The molecule has 0 aromatic heterocycles. The van der Waals surface area contributed by atoms with Gasteiger partial charge in [-0.2, -0.15) is 0 Å². The largest absolute Gasteiger partial charge is 0.326 e. The molecule has 0 aromatic rings. The van der Waals surface area contributed by atoms with Gasteiger partial charge in [-0.1, -0.05) is 0 Å². The molecule has 3 heteroatoms. The Bertz CT molecular complexity index is 243. The third kappa shape index (κ3) is 0.287. The number of rotatable bonds is 0. The summed E-state index contributed by atoms with van der Waals surface area (Å²) >= 11 is 0. The van der Waals surface area contributed by atoms with Gasteiger partial charge in [-0.15, -0.1) is 0 Å². The minimum absolute atomic E-state index is 0.419. The van der Waals surface area contributed by atoms with E-state index in [1.807, 2.05) is 18.6 Å². The van der Waals surface area contributed by atoms with E-state index >= 15 is 0 Å². The van der Waals surface area contributed by atoms with Crippen molar-refractivity contribution in [2.24, 2.45) is 9.98 Å². The molecule has 0 bridgehead atoms. The number of allylic oxidation sites excluding steroid dienone is 1. The zero-order valence-electron chi connectivity index (χ0n) is 4.73. The SMILES string of the molecule is C1=NC2=CC=NC3C2N13. The van der Waals surface area contributed by atoms with E-state index < -0.39 is 0 Å². The van der Waals surface area contributed by atoms with Gasteiger partial charge in [0.05, 0.1) is 12.0 Å². The molecule has 0 radical (unpaired) electrons. The smallest absolute Gasteiger partial charge is 0.148 e. The number of aliphatic imine (C=N–C) groups is 2. The summed E-state index contributed by atoms with van der Waals surface area (Å²) in [6, 6.07) is 0.523. The van der Waals surface area contributed by atoms with Gasteiger partial charge in [0.25, 0.3) is 0 Å². The lowest BCUT2D eigenvalue weighted by molar-refractivity contribution is 0.770. The van der Waals surface area contributed by atoms with Crippen molar-refractivity contribution in [3.63, 3.8) is 0 Å². The Hall–Kier alpha value is -1.12. The highest BCUT2D eigenvalue weighted by Gasteiger charge is 2.52. The molecule has 3 aliphatic heterocycles. The van der Waals surface area contributed by atoms with E-state index in [0.717, 1.165) is 0 Å². The van der Waals surface area contributed by atoms with Crippen LogP contribution in [-0.4, -0.2) is 29.7 Å². The lowest BCUT2D eigenvalue weighted by Gasteiger charge is -1.95. The van der Waals surface area contributed by atoms with Crippen LogP contribution in [0.3, 0.4) is 0 Å². The van der Waals surface area contributed by atoms with E-state index in [1.54, 1.807) is 0 Å². The zero-order chi connectivity index (χ0) is 5.84. The Morgan fingerprint density at radius 1 is 1.56 bits per heavy atom. The Labute approximate surface area is 52.4 Å². The van der Waals surface area contributed by atoms with Gasteiger partial charge in [0.1, 0.15) is 12.2 Å². The maximum atomic E-state index is 4.22. The van der Waals surface area contributed by atoms with Crippen LogP contribution in [0.1, 0.15) is 0 Å². The van der Waals surface area contributed by atoms with Crippen LogP contribution in [0, 0.1) is 0 Å². The van der Waals surface area contributed by atoms with Gasteiger partial charge in [-0.3, -0.25) is 4.99 Å². The average molecular weight is 119 g/mol. The molecule has 0 spiro atoms. The predicted octanol–water partition coefficient (Wildman–Crippen LogP) is 0.00690. The van der Waals surface area contributed by atoms with Crippen molar-refractivity contribution in [3.8, 4) is 0 Å². The minimum Gasteiger partial charge on any atom is -0.326 e. The summed E-state index contributed by atoms with van der Waals surface area (Å²) < 4.78 is 0. The van der Waals surface area contributed by atoms with Crippen molar-refractivity contribution >= 4 is 12.6 Å². The van der Waals surface area contributed by atoms with E-state index in [1.165, 1.54) is 5.70 Å². The van der Waals surface area contributed by atoms with E-state index in [2.05, 4.69) is 14.9 Å². The molecule has 1 fully saturated rings. The molecule has 0 amide bonds. The lowest BCUT2D eigenvalue weighted by atomic mass is 10.3. The van der Waals surface area contributed by atoms with Crippen molar-refractivity contribution in [1.29, 1.82) is 0 Å². The number of fused-ring (bicyclic) bond motifs is 1. The van der Waals surface area contributed by atoms with Crippen molar-refractivity contribution in [1.82, 2.24) is 4.90 Å². The molecule has 3 aliphatic rings. The average Bonchev–Trinajstić information content (AvgIpc) is 2.35. The summed E-state index contributed by atoms with van der Waals surface area (Å²) in [6.45, 7) is 0. The first-order valence-corrected chi connectivity index (χ1v) is 3.02. The third-order valence-electron chi connectivity index (χ3n) is 1.95. The van der Waals surface area contributed by atoms with E-state index in [-0.39, 0.29) is 0 Å². The Kier molecular flexibility index (Phi) is 0.400. The second-order valence-electron chi connectivity index (χ2n) is 2.44. The first kappa shape index (κ1) is 3.82. The van der Waals surface area contributed by atoms with Gasteiger partial charge in [0.2, 0.25) is 0 Å². The highest BCUT2D eigenvalue weighted by atomic mass is 15.5. The highest BCUT2D eigenvalue weighted by Crippen LogP contribution is 2.39. The first-order chi connectivity index (χ1) is 4.47. The molecule has 0 aromatic carbocycles. The van der Waals surface area contributed by atoms with Gasteiger partial charge >= 0.3 is 0 Å². The molecule has 0 aliphatic carbocycles. The summed E-state index contributed by atoms with van der Waals surface area (Å²) in [6.07, 6.45) is 6.11. The van der Waals surface area contributed by atoms with Crippen molar-refractivity contribution < 1.29 is 0 Å². The van der Waals surface area contributed by atoms with Crippen LogP contribution in [-0.2, 0) is 0 Å². The van der Waals surface area contributed by atoms with Gasteiger partial charge in [0, 0.05) is 6.21 Å². The maximum Gasteiger partial charge on any atom is 0.148 e. The summed E-state index contributed by atoms with van der Waals surface area (Å²) in [5.41, 5.74) is 1.18. The van der Waals surface area contributed by atoms with E-state index in [9.17, 15) is 0 Å². The molecule has 3 rings (SSSR count). The van der Waals surface area contributed by atoms with Crippen LogP contribution in [0.5, 0.6) is 0 Å². The fraction of sp³-hybridized carbons (Fsp3) is 0.333. The van der Waals surface area contributed by atoms with Crippen LogP contribution in [0.4, 0.5) is 0 Å². The fourth-order valence-electron chi connectivity index (χ4n) is 1.40. The summed E-state index contributed by atoms with van der Waals surface area (Å²) in [7, 11) is 0. The molecule has 3 nitrogen and oxygen atoms in total. The Morgan fingerprint density at radius 2 is 2.56 bits per heavy atom. The highest BCUT2D eigenvalue weighted by molar-refractivity contribution is 5.81. The van der Waals surface area contributed by atoms with Crippen LogP contribution in [0.2, 0.25) is 0 Å². The van der Waals surface area contributed by atoms with Gasteiger partial charge in [0.15, 0.2) is 0 Å². The van der Waals surface area contributed by atoms with Crippen LogP contribution >= 0.6 is 0 Å².